The van der Waals surface area contributed by atoms with Crippen molar-refractivity contribution in [2.75, 3.05) is 13.2 Å². The Bertz CT molecular complexity index is 1860. The van der Waals surface area contributed by atoms with Crippen LogP contribution in [0.3, 0.4) is 0 Å². The van der Waals surface area contributed by atoms with Crippen LogP contribution in [0.1, 0.15) is 22.3 Å². The summed E-state index contributed by atoms with van der Waals surface area (Å²) in [6, 6.07) is 32.1. The number of benzene rings is 4. The predicted molar refractivity (Wildman–Crippen MR) is 192 cm³/mol. The number of nitrogens with one attached hydrogen (secondary N) is 2. The summed E-state index contributed by atoms with van der Waals surface area (Å²) in [6.07, 6.45) is 1.89. The molecule has 0 aromatic heterocycles. The molecule has 4 heterocycles. The highest BCUT2D eigenvalue weighted by molar-refractivity contribution is 6.70. The Morgan fingerprint density at radius 3 is 1.42 bits per heavy atom. The van der Waals surface area contributed by atoms with Gasteiger partial charge in [0, 0.05) is 0 Å². The van der Waals surface area contributed by atoms with Crippen LogP contribution in [0, 0.1) is 0 Å². The van der Waals surface area contributed by atoms with Crippen molar-refractivity contribution in [1.82, 2.24) is 20.5 Å². The molecule has 0 spiro atoms. The van der Waals surface area contributed by atoms with Crippen LogP contribution in [0.2, 0.25) is 0 Å². The van der Waals surface area contributed by atoms with Gasteiger partial charge in [0.2, 0.25) is 0 Å². The molecule has 16 heteroatoms. The summed E-state index contributed by atoms with van der Waals surface area (Å²) in [4.78, 5) is 51.8. The van der Waals surface area contributed by atoms with Crippen LogP contribution in [0.4, 0.5) is 9.59 Å². The second-order valence-corrected chi connectivity index (χ2v) is 12.0. The van der Waals surface area contributed by atoms with Gasteiger partial charge in [-0.3, -0.25) is 9.59 Å². The number of nitrogens with zero attached hydrogens (tertiary/aromatic N) is 4. The number of hydrogen-bond acceptors (Lipinski definition) is 10. The summed E-state index contributed by atoms with van der Waals surface area (Å²) in [6.45, 7) is 0.382. The standard InChI is InChI=1S/2C18H16BN3O4/c2*23-17-16(21-18(24)25-11-13-6-2-1-3-7-13)12-26-19-15-9-5-4-8-14(15)10-20-22(17)19/h2*1-10,16H,11-12H2,(H,21,24)/t2*16-/m00/s1. The van der Waals surface area contributed by atoms with Gasteiger partial charge < -0.3 is 29.4 Å². The Kier molecular flexibility index (Phi) is 10.4. The molecule has 0 radical (unpaired) electrons. The Balaban J connectivity index is 0.000000162. The van der Waals surface area contributed by atoms with Gasteiger partial charge in [-0.15, -0.1) is 0 Å². The van der Waals surface area contributed by atoms with E-state index in [0.717, 1.165) is 33.2 Å². The average Bonchev–Trinajstić information content (AvgIpc) is 3.19. The van der Waals surface area contributed by atoms with Crippen LogP contribution in [-0.2, 0) is 41.6 Å². The van der Waals surface area contributed by atoms with Crippen molar-refractivity contribution < 1.29 is 38.0 Å². The van der Waals surface area contributed by atoms with E-state index in [0.29, 0.717) is 0 Å². The monoisotopic (exact) mass is 698 g/mol. The summed E-state index contributed by atoms with van der Waals surface area (Å²) in [5, 5.41) is 13.4. The Morgan fingerprint density at radius 1 is 0.615 bits per heavy atom. The van der Waals surface area contributed by atoms with E-state index in [1.165, 1.54) is 9.84 Å². The third-order valence-electron chi connectivity index (χ3n) is 8.51. The van der Waals surface area contributed by atoms with Crippen molar-refractivity contribution in [3.05, 3.63) is 131 Å². The summed E-state index contributed by atoms with van der Waals surface area (Å²) in [5.41, 5.74) is 5.31. The van der Waals surface area contributed by atoms with E-state index in [4.69, 9.17) is 18.8 Å². The molecule has 8 rings (SSSR count). The lowest BCUT2D eigenvalue weighted by molar-refractivity contribution is -0.133. The zero-order chi connectivity index (χ0) is 35.9. The van der Waals surface area contributed by atoms with Crippen LogP contribution >= 0.6 is 0 Å². The fourth-order valence-electron chi connectivity index (χ4n) is 5.86. The predicted octanol–water partition coefficient (Wildman–Crippen LogP) is 1.77. The van der Waals surface area contributed by atoms with E-state index in [-0.39, 0.29) is 38.2 Å². The first kappa shape index (κ1) is 34.2. The normalized spacial score (nSPS) is 18.2. The van der Waals surface area contributed by atoms with Gasteiger partial charge in [-0.1, -0.05) is 109 Å². The van der Waals surface area contributed by atoms with Gasteiger partial charge in [0.1, 0.15) is 25.3 Å². The smallest absolute Gasteiger partial charge is 0.445 e. The Morgan fingerprint density at radius 2 is 1.00 bits per heavy atom. The molecule has 0 saturated carbocycles. The molecule has 0 bridgehead atoms. The van der Waals surface area contributed by atoms with Gasteiger partial charge in [0.05, 0.1) is 25.6 Å². The van der Waals surface area contributed by atoms with Gasteiger partial charge in [0.25, 0.3) is 11.8 Å². The summed E-state index contributed by atoms with van der Waals surface area (Å²) < 4.78 is 21.9. The lowest BCUT2D eigenvalue weighted by Gasteiger charge is -2.36. The summed E-state index contributed by atoms with van der Waals surface area (Å²) in [5.74, 6) is -0.660. The Hall–Kier alpha value is -6.25. The molecule has 0 aliphatic carbocycles. The number of alkyl carbamates (subject to hydrolysis) is 2. The van der Waals surface area contributed by atoms with Gasteiger partial charge in [-0.25, -0.2) is 19.4 Å². The summed E-state index contributed by atoms with van der Waals surface area (Å²) >= 11 is 0. The number of hydrogen-bond donors (Lipinski definition) is 2. The fraction of sp³-hybridized carbons (Fsp3) is 0.167. The molecule has 0 unspecified atom stereocenters. The van der Waals surface area contributed by atoms with Gasteiger partial charge in [-0.2, -0.15) is 10.2 Å². The molecule has 4 amide bonds. The van der Waals surface area contributed by atoms with E-state index >= 15 is 0 Å². The van der Waals surface area contributed by atoms with Crippen LogP contribution in [0.25, 0.3) is 0 Å². The molecule has 4 aromatic rings. The SMILES string of the molecule is O=C(N[C@H]1COB2c3ccccc3C=NN2C1=O)OCc1ccccc1.O=C(N[C@H]1COB2c3ccccc3C=NN2C1=O)OCc1ccccc1. The van der Waals surface area contributed by atoms with Crippen LogP contribution in [0.15, 0.2) is 119 Å². The van der Waals surface area contributed by atoms with Crippen LogP contribution < -0.4 is 21.6 Å². The average molecular weight is 698 g/mol. The second-order valence-electron chi connectivity index (χ2n) is 12.0. The van der Waals surface area contributed by atoms with Crippen molar-refractivity contribution in [3.63, 3.8) is 0 Å². The van der Waals surface area contributed by atoms with E-state index in [1.807, 2.05) is 109 Å². The molecule has 4 aromatic carbocycles. The van der Waals surface area contributed by atoms with Gasteiger partial charge in [0.15, 0.2) is 0 Å². The highest BCUT2D eigenvalue weighted by Crippen LogP contribution is 2.17. The van der Waals surface area contributed by atoms with Crippen molar-refractivity contribution in [2.45, 2.75) is 25.3 Å². The minimum Gasteiger partial charge on any atom is -0.445 e. The van der Waals surface area contributed by atoms with E-state index in [9.17, 15) is 19.2 Å². The zero-order valence-corrected chi connectivity index (χ0v) is 27.7. The van der Waals surface area contributed by atoms with Gasteiger partial charge in [-0.05, 0) is 33.2 Å². The minimum atomic E-state index is -0.836. The van der Waals surface area contributed by atoms with E-state index in [1.54, 1.807) is 12.4 Å². The van der Waals surface area contributed by atoms with Gasteiger partial charge >= 0.3 is 26.3 Å². The molecule has 2 fully saturated rings. The first-order valence-electron chi connectivity index (χ1n) is 16.5. The third-order valence-corrected chi connectivity index (χ3v) is 8.51. The summed E-state index contributed by atoms with van der Waals surface area (Å²) in [7, 11) is -1.14. The molecule has 4 aliphatic rings. The molecule has 4 aliphatic heterocycles. The van der Waals surface area contributed by atoms with Crippen LogP contribution in [0.5, 0.6) is 0 Å². The fourth-order valence-corrected chi connectivity index (χ4v) is 5.86. The number of fused-ring (bicyclic) bond motifs is 6. The maximum absolute atomic E-state index is 12.6. The number of hydrazone groups is 2. The molecular weight excluding hydrogens is 666 g/mol. The maximum Gasteiger partial charge on any atom is 0.477 e. The molecule has 52 heavy (non-hydrogen) atoms. The van der Waals surface area contributed by atoms with Crippen molar-refractivity contribution in [3.8, 4) is 0 Å². The first-order chi connectivity index (χ1) is 25.4. The molecule has 2 atom stereocenters. The van der Waals surface area contributed by atoms with Crippen LogP contribution in [-0.4, -0.2) is 85.7 Å². The van der Waals surface area contributed by atoms with Crippen molar-refractivity contribution >= 4 is 61.5 Å². The topological polar surface area (TPSA) is 160 Å². The maximum atomic E-state index is 12.6. The molecule has 260 valence electrons. The Labute approximate surface area is 299 Å². The largest absolute Gasteiger partial charge is 0.477 e. The molecule has 2 N–H and O–H groups in total. The zero-order valence-electron chi connectivity index (χ0n) is 27.7. The van der Waals surface area contributed by atoms with E-state index < -0.39 is 38.4 Å². The minimum absolute atomic E-state index is 0.0598. The highest BCUT2D eigenvalue weighted by Gasteiger charge is 2.45. The second kappa shape index (κ2) is 15.7. The highest BCUT2D eigenvalue weighted by atomic mass is 16.6. The molecular formula is C36H32B2N6O8. The lowest BCUT2D eigenvalue weighted by Crippen LogP contribution is -2.65. The number of amides is 4. The van der Waals surface area contributed by atoms with Crippen molar-refractivity contribution in [2.24, 2.45) is 10.2 Å². The van der Waals surface area contributed by atoms with Crippen molar-refractivity contribution in [1.29, 1.82) is 0 Å². The quantitative estimate of drug-likeness (QED) is 0.289. The van der Waals surface area contributed by atoms with E-state index in [2.05, 4.69) is 20.8 Å². The number of carbonyl (C=O) groups is 4. The molecule has 14 nitrogen and oxygen atoms in total. The number of ether oxygens (including phenoxy) is 2. The lowest BCUT2D eigenvalue weighted by atomic mass is 9.68. The number of carbonyl (C=O) groups excluding carboxylic acids is 4. The third kappa shape index (κ3) is 7.72. The molecule has 2 saturated heterocycles. The first-order valence-corrected chi connectivity index (χ1v) is 16.5. The number of rotatable bonds is 6.